The summed E-state index contributed by atoms with van der Waals surface area (Å²) < 4.78 is 27.9. The third-order valence-electron chi connectivity index (χ3n) is 4.17. The van der Waals surface area contributed by atoms with E-state index in [1.165, 1.54) is 0 Å². The number of hydrogen-bond acceptors (Lipinski definition) is 4. The van der Waals surface area contributed by atoms with Gasteiger partial charge in [-0.25, -0.2) is 13.1 Å². The molecule has 0 aromatic heterocycles. The number of aliphatic hydroxyl groups is 1. The summed E-state index contributed by atoms with van der Waals surface area (Å²) in [7, 11) is -3.58. The number of benzene rings is 1. The van der Waals surface area contributed by atoms with Gasteiger partial charge in [0.05, 0.1) is 11.0 Å². The number of sulfonamides is 1. The summed E-state index contributed by atoms with van der Waals surface area (Å²) in [5, 5.41) is 17.1. The van der Waals surface area contributed by atoms with Crippen LogP contribution in [-0.2, 0) is 14.8 Å². The van der Waals surface area contributed by atoms with E-state index in [4.69, 9.17) is 9.90 Å². The zero-order chi connectivity index (χ0) is 18.2. The average molecular weight is 357 g/mol. The molecule has 2 rings (SSSR count). The van der Waals surface area contributed by atoms with Gasteiger partial charge in [0.15, 0.2) is 0 Å². The van der Waals surface area contributed by atoms with Gasteiger partial charge in [0.1, 0.15) is 0 Å². The zero-order valence-electron chi connectivity index (χ0n) is 14.2. The van der Waals surface area contributed by atoms with Gasteiger partial charge in [-0.05, 0) is 43.9 Å². The first-order valence-electron chi connectivity index (χ1n) is 8.17. The van der Waals surface area contributed by atoms with Crippen LogP contribution in [0.25, 0.3) is 0 Å². The van der Waals surface area contributed by atoms with Crippen molar-refractivity contribution in [2.45, 2.75) is 69.4 Å². The third kappa shape index (κ3) is 6.22. The molecular formula is C17H27NO5S. The molecule has 1 aliphatic rings. The minimum absolute atomic E-state index is 0.250. The maximum Gasteiger partial charge on any atom is 0.290 e. The fraction of sp³-hybridized carbons (Fsp3) is 0.588. The van der Waals surface area contributed by atoms with Gasteiger partial charge in [-0.1, -0.05) is 37.8 Å². The third-order valence-corrected chi connectivity index (χ3v) is 5.80. The molecule has 1 aromatic rings. The fourth-order valence-corrected chi connectivity index (χ4v) is 4.50. The quantitative estimate of drug-likeness (QED) is 0.721. The molecule has 2 atom stereocenters. The van der Waals surface area contributed by atoms with Crippen LogP contribution in [-0.4, -0.2) is 37.2 Å². The molecule has 0 spiro atoms. The predicted octanol–water partition coefficient (Wildman–Crippen LogP) is 2.37. The topological polar surface area (TPSA) is 104 Å². The molecule has 6 nitrogen and oxygen atoms in total. The molecule has 0 bridgehead atoms. The van der Waals surface area contributed by atoms with E-state index in [1.54, 1.807) is 13.0 Å². The first-order valence-corrected chi connectivity index (χ1v) is 9.65. The van der Waals surface area contributed by atoms with Gasteiger partial charge in [-0.2, -0.15) is 0 Å². The SMILES string of the molecule is Cc1ccc(C)c(S(=O)(=O)N[C@H]2CCCCCC[C@@H]2O)c1.O=CO. The van der Waals surface area contributed by atoms with E-state index in [0.29, 0.717) is 17.7 Å². The molecule has 3 N–H and O–H groups in total. The van der Waals surface area contributed by atoms with Crippen molar-refractivity contribution < 1.29 is 23.4 Å². The molecular weight excluding hydrogens is 330 g/mol. The van der Waals surface area contributed by atoms with Crippen LogP contribution in [0.5, 0.6) is 0 Å². The minimum atomic E-state index is -3.58. The monoisotopic (exact) mass is 357 g/mol. The lowest BCUT2D eigenvalue weighted by Gasteiger charge is -2.26. The summed E-state index contributed by atoms with van der Waals surface area (Å²) in [4.78, 5) is 8.68. The fourth-order valence-electron chi connectivity index (χ4n) is 2.86. The van der Waals surface area contributed by atoms with E-state index >= 15 is 0 Å². The van der Waals surface area contributed by atoms with Crippen molar-refractivity contribution in [3.05, 3.63) is 29.3 Å². The Bertz CT molecular complexity index is 630. The summed E-state index contributed by atoms with van der Waals surface area (Å²) in [6, 6.07) is 5.03. The maximum atomic E-state index is 12.6. The van der Waals surface area contributed by atoms with Gasteiger partial charge < -0.3 is 10.2 Å². The highest BCUT2D eigenvalue weighted by Gasteiger charge is 2.27. The second kappa shape index (κ2) is 9.76. The second-order valence-corrected chi connectivity index (χ2v) is 7.84. The Hall–Kier alpha value is -1.44. The Morgan fingerprint density at radius 3 is 2.33 bits per heavy atom. The van der Waals surface area contributed by atoms with Crippen LogP contribution in [0.4, 0.5) is 0 Å². The van der Waals surface area contributed by atoms with Gasteiger partial charge in [0.2, 0.25) is 10.0 Å². The molecule has 0 aliphatic heterocycles. The highest BCUT2D eigenvalue weighted by molar-refractivity contribution is 7.89. The lowest BCUT2D eigenvalue weighted by molar-refractivity contribution is -0.122. The Kier molecular flexibility index (Phi) is 8.38. The molecule has 7 heteroatoms. The molecule has 0 heterocycles. The van der Waals surface area contributed by atoms with E-state index in [0.717, 1.165) is 36.8 Å². The van der Waals surface area contributed by atoms with Crippen LogP contribution < -0.4 is 4.72 Å². The average Bonchev–Trinajstić information content (AvgIpc) is 2.50. The van der Waals surface area contributed by atoms with E-state index in [2.05, 4.69) is 4.72 Å². The molecule has 1 saturated carbocycles. The zero-order valence-corrected chi connectivity index (χ0v) is 15.1. The van der Waals surface area contributed by atoms with E-state index in [-0.39, 0.29) is 12.5 Å². The van der Waals surface area contributed by atoms with Crippen LogP contribution in [0.15, 0.2) is 23.1 Å². The van der Waals surface area contributed by atoms with Crippen LogP contribution >= 0.6 is 0 Å². The number of aliphatic hydroxyl groups excluding tert-OH is 1. The van der Waals surface area contributed by atoms with Gasteiger partial charge in [0.25, 0.3) is 6.47 Å². The Balaban J connectivity index is 0.000000891. The maximum absolute atomic E-state index is 12.6. The first kappa shape index (κ1) is 20.6. The van der Waals surface area contributed by atoms with Gasteiger partial charge in [-0.15, -0.1) is 0 Å². The molecule has 0 saturated heterocycles. The number of nitrogens with one attached hydrogen (secondary N) is 1. The van der Waals surface area contributed by atoms with Gasteiger partial charge in [-0.3, -0.25) is 4.79 Å². The van der Waals surface area contributed by atoms with Crippen molar-refractivity contribution in [2.24, 2.45) is 0 Å². The lowest BCUT2D eigenvalue weighted by Crippen LogP contribution is -2.43. The standard InChI is InChI=1S/C16H25NO3S.CH2O2/c1-12-9-10-13(2)16(11-12)21(19,20)17-14-7-5-3-4-6-8-15(14)18;2-1-3/h9-11,14-15,17-18H,3-8H2,1-2H3;1H,(H,2,3)/t14-,15-;/m0./s1. The summed E-state index contributed by atoms with van der Waals surface area (Å²) in [6.45, 7) is 3.42. The molecule has 1 aromatic carbocycles. The summed E-state index contributed by atoms with van der Waals surface area (Å²) >= 11 is 0. The highest BCUT2D eigenvalue weighted by atomic mass is 32.2. The lowest BCUT2D eigenvalue weighted by atomic mass is 9.95. The number of aryl methyl sites for hydroxylation is 2. The van der Waals surface area contributed by atoms with E-state index in [9.17, 15) is 13.5 Å². The van der Waals surface area contributed by atoms with Crippen LogP contribution in [0, 0.1) is 13.8 Å². The van der Waals surface area contributed by atoms with E-state index < -0.39 is 16.1 Å². The highest BCUT2D eigenvalue weighted by Crippen LogP contribution is 2.22. The van der Waals surface area contributed by atoms with Gasteiger partial charge >= 0.3 is 0 Å². The number of carbonyl (C=O) groups is 1. The van der Waals surface area contributed by atoms with Crippen LogP contribution in [0.1, 0.15) is 49.7 Å². The smallest absolute Gasteiger partial charge is 0.290 e. The molecule has 136 valence electrons. The van der Waals surface area contributed by atoms with Crippen molar-refractivity contribution in [3.8, 4) is 0 Å². The number of hydrogen-bond donors (Lipinski definition) is 3. The molecule has 0 unspecified atom stereocenters. The van der Waals surface area contributed by atoms with Crippen molar-refractivity contribution >= 4 is 16.5 Å². The molecule has 24 heavy (non-hydrogen) atoms. The predicted molar refractivity (Wildman–Crippen MR) is 92.4 cm³/mol. The number of rotatable bonds is 3. The Morgan fingerprint density at radius 2 is 1.71 bits per heavy atom. The van der Waals surface area contributed by atoms with Crippen molar-refractivity contribution in [3.63, 3.8) is 0 Å². The second-order valence-electron chi connectivity index (χ2n) is 6.16. The van der Waals surface area contributed by atoms with Gasteiger partial charge in [0, 0.05) is 6.04 Å². The van der Waals surface area contributed by atoms with Crippen LogP contribution in [0.2, 0.25) is 0 Å². The van der Waals surface area contributed by atoms with Crippen molar-refractivity contribution in [1.82, 2.24) is 4.72 Å². The van der Waals surface area contributed by atoms with E-state index in [1.807, 2.05) is 19.1 Å². The Morgan fingerprint density at radius 1 is 1.12 bits per heavy atom. The molecule has 0 amide bonds. The molecule has 1 fully saturated rings. The number of carboxylic acid groups (broad SMARTS) is 1. The normalized spacial score (nSPS) is 21.8. The Labute approximate surface area is 144 Å². The van der Waals surface area contributed by atoms with Crippen LogP contribution in [0.3, 0.4) is 0 Å². The molecule has 0 radical (unpaired) electrons. The summed E-state index contributed by atoms with van der Waals surface area (Å²) in [5.41, 5.74) is 1.65. The van der Waals surface area contributed by atoms with Crippen molar-refractivity contribution in [2.75, 3.05) is 0 Å². The largest absolute Gasteiger partial charge is 0.483 e. The summed E-state index contributed by atoms with van der Waals surface area (Å²) in [6.07, 6.45) is 4.91. The molecule has 1 aliphatic carbocycles. The first-order chi connectivity index (χ1) is 11.3. The minimum Gasteiger partial charge on any atom is -0.483 e. The summed E-state index contributed by atoms with van der Waals surface area (Å²) in [5.74, 6) is 0. The van der Waals surface area contributed by atoms with Crippen molar-refractivity contribution in [1.29, 1.82) is 0 Å².